The second-order valence-corrected chi connectivity index (χ2v) is 3.65. The molecular formula is C12H16O6. The first-order valence-electron chi connectivity index (χ1n) is 5.37. The monoisotopic (exact) mass is 256 g/mol. The second-order valence-electron chi connectivity index (χ2n) is 3.65. The van der Waals surface area contributed by atoms with Gasteiger partial charge in [0.05, 0.1) is 25.9 Å². The van der Waals surface area contributed by atoms with Crippen LogP contribution < -0.4 is 9.47 Å². The van der Waals surface area contributed by atoms with Crippen LogP contribution in [0.3, 0.4) is 0 Å². The van der Waals surface area contributed by atoms with Crippen molar-refractivity contribution in [2.45, 2.75) is 19.4 Å². The number of rotatable bonds is 5. The highest BCUT2D eigenvalue weighted by Crippen LogP contribution is 2.44. The van der Waals surface area contributed by atoms with Gasteiger partial charge in [0.25, 0.3) is 0 Å². The highest BCUT2D eigenvalue weighted by atomic mass is 16.5. The van der Waals surface area contributed by atoms with E-state index in [9.17, 15) is 15.0 Å². The number of carbonyl (C=O) groups is 1. The smallest absolute Gasteiger partial charge is 0.336 e. The first-order valence-corrected chi connectivity index (χ1v) is 5.37. The second kappa shape index (κ2) is 5.59. The third-order valence-corrected chi connectivity index (χ3v) is 2.63. The number of aromatic carboxylic acids is 1. The van der Waals surface area contributed by atoms with Crippen LogP contribution in [0, 0.1) is 0 Å². The largest absolute Gasteiger partial charge is 0.502 e. The fourth-order valence-corrected chi connectivity index (χ4v) is 1.71. The number of hydrogen-bond donors (Lipinski definition) is 3. The Balaban J connectivity index is 3.62. The summed E-state index contributed by atoms with van der Waals surface area (Å²) in [6.45, 7) is 1.69. The molecule has 18 heavy (non-hydrogen) atoms. The summed E-state index contributed by atoms with van der Waals surface area (Å²) in [5.74, 6) is -1.65. The lowest BCUT2D eigenvalue weighted by molar-refractivity contribution is 0.0686. The molecule has 0 heterocycles. The van der Waals surface area contributed by atoms with Gasteiger partial charge in [-0.3, -0.25) is 0 Å². The molecule has 0 amide bonds. The maximum atomic E-state index is 11.2. The molecule has 0 aliphatic heterocycles. The van der Waals surface area contributed by atoms with E-state index in [1.54, 1.807) is 6.92 Å². The van der Waals surface area contributed by atoms with Gasteiger partial charge in [0.15, 0.2) is 11.5 Å². The Labute approximate surface area is 104 Å². The van der Waals surface area contributed by atoms with E-state index in [0.717, 1.165) is 6.07 Å². The van der Waals surface area contributed by atoms with E-state index in [1.165, 1.54) is 14.2 Å². The minimum atomic E-state index is -1.23. The van der Waals surface area contributed by atoms with E-state index in [1.807, 2.05) is 0 Å². The standard InChI is InChI=1S/C12H16O6/c1-4-7(13)9-6(12(15)16)5-8(17-2)10(14)11(9)18-3/h5,7,13-14H,4H2,1-3H3,(H,15,16). The number of aliphatic hydroxyl groups excluding tert-OH is 1. The van der Waals surface area contributed by atoms with Crippen molar-refractivity contribution >= 4 is 5.97 Å². The van der Waals surface area contributed by atoms with Crippen LogP contribution in [0.5, 0.6) is 17.2 Å². The van der Waals surface area contributed by atoms with Gasteiger partial charge in [0.2, 0.25) is 5.75 Å². The molecule has 0 spiro atoms. The zero-order valence-corrected chi connectivity index (χ0v) is 10.4. The quantitative estimate of drug-likeness (QED) is 0.739. The first kappa shape index (κ1) is 14.1. The van der Waals surface area contributed by atoms with Crippen molar-refractivity contribution < 1.29 is 29.6 Å². The normalized spacial score (nSPS) is 12.0. The fraction of sp³-hybridized carbons (Fsp3) is 0.417. The minimum absolute atomic E-state index is 0.0173. The van der Waals surface area contributed by atoms with E-state index in [0.29, 0.717) is 6.42 Å². The third-order valence-electron chi connectivity index (χ3n) is 2.63. The molecule has 1 rings (SSSR count). The molecule has 1 atom stereocenters. The van der Waals surface area contributed by atoms with Crippen molar-refractivity contribution in [3.05, 3.63) is 17.2 Å². The van der Waals surface area contributed by atoms with Crippen LogP contribution in [0.15, 0.2) is 6.07 Å². The first-order chi connectivity index (χ1) is 8.47. The van der Waals surface area contributed by atoms with E-state index in [-0.39, 0.29) is 28.4 Å². The Kier molecular flexibility index (Phi) is 4.38. The molecule has 0 fully saturated rings. The lowest BCUT2D eigenvalue weighted by Crippen LogP contribution is -2.10. The van der Waals surface area contributed by atoms with Crippen LogP contribution in [-0.4, -0.2) is 35.5 Å². The average molecular weight is 256 g/mol. The fourth-order valence-electron chi connectivity index (χ4n) is 1.71. The number of aliphatic hydroxyl groups is 1. The summed E-state index contributed by atoms with van der Waals surface area (Å²) in [4.78, 5) is 11.2. The molecule has 1 aromatic rings. The van der Waals surface area contributed by atoms with Crippen LogP contribution in [0.2, 0.25) is 0 Å². The average Bonchev–Trinajstić information content (AvgIpc) is 2.36. The van der Waals surface area contributed by atoms with E-state index < -0.39 is 12.1 Å². The summed E-state index contributed by atoms with van der Waals surface area (Å²) < 4.78 is 9.85. The van der Waals surface area contributed by atoms with E-state index in [4.69, 9.17) is 14.6 Å². The Bertz CT molecular complexity index is 454. The van der Waals surface area contributed by atoms with Crippen LogP contribution >= 0.6 is 0 Å². The number of hydrogen-bond acceptors (Lipinski definition) is 5. The molecule has 0 aliphatic carbocycles. The van der Waals surface area contributed by atoms with E-state index >= 15 is 0 Å². The Morgan fingerprint density at radius 3 is 2.39 bits per heavy atom. The number of methoxy groups -OCH3 is 2. The van der Waals surface area contributed by atoms with Crippen LogP contribution in [-0.2, 0) is 0 Å². The van der Waals surface area contributed by atoms with Gasteiger partial charge >= 0.3 is 5.97 Å². The topological polar surface area (TPSA) is 96.2 Å². The summed E-state index contributed by atoms with van der Waals surface area (Å²) in [6.07, 6.45) is -0.745. The van der Waals surface area contributed by atoms with Gasteiger partial charge in [-0.25, -0.2) is 4.79 Å². The maximum absolute atomic E-state index is 11.2. The van der Waals surface area contributed by atoms with Gasteiger partial charge in [-0.15, -0.1) is 0 Å². The number of ether oxygens (including phenoxy) is 2. The molecule has 0 aliphatic rings. The summed E-state index contributed by atoms with van der Waals surface area (Å²) in [7, 11) is 2.59. The predicted octanol–water partition coefficient (Wildman–Crippen LogP) is 1.55. The summed E-state index contributed by atoms with van der Waals surface area (Å²) in [5.41, 5.74) is -0.110. The number of phenols is 1. The highest BCUT2D eigenvalue weighted by molar-refractivity contribution is 5.92. The molecule has 0 aromatic heterocycles. The van der Waals surface area contributed by atoms with Crippen LogP contribution in [0.4, 0.5) is 0 Å². The van der Waals surface area contributed by atoms with Gasteiger partial charge in [0, 0.05) is 5.56 Å². The number of carboxylic acid groups (broad SMARTS) is 1. The Morgan fingerprint density at radius 1 is 1.39 bits per heavy atom. The molecule has 1 unspecified atom stereocenters. The van der Waals surface area contributed by atoms with Gasteiger partial charge in [-0.2, -0.15) is 0 Å². The molecule has 0 radical (unpaired) electrons. The van der Waals surface area contributed by atoms with Crippen molar-refractivity contribution in [2.75, 3.05) is 14.2 Å². The summed E-state index contributed by atoms with van der Waals surface area (Å²) >= 11 is 0. The molecule has 6 nitrogen and oxygen atoms in total. The minimum Gasteiger partial charge on any atom is -0.502 e. The molecule has 3 N–H and O–H groups in total. The lowest BCUT2D eigenvalue weighted by atomic mass is 9.98. The predicted molar refractivity (Wildman–Crippen MR) is 63.4 cm³/mol. The van der Waals surface area contributed by atoms with Crippen molar-refractivity contribution in [1.29, 1.82) is 0 Å². The van der Waals surface area contributed by atoms with Crippen molar-refractivity contribution in [3.8, 4) is 17.2 Å². The number of aromatic hydroxyl groups is 1. The summed E-state index contributed by atoms with van der Waals surface area (Å²) in [6, 6.07) is 1.16. The maximum Gasteiger partial charge on any atom is 0.336 e. The summed E-state index contributed by atoms with van der Waals surface area (Å²) in [5, 5.41) is 28.9. The third kappa shape index (κ3) is 2.33. The number of carboxylic acids is 1. The van der Waals surface area contributed by atoms with Crippen LogP contribution in [0.25, 0.3) is 0 Å². The number of phenolic OH excluding ortho intramolecular Hbond substituents is 1. The molecule has 6 heteroatoms. The molecule has 100 valence electrons. The van der Waals surface area contributed by atoms with Crippen molar-refractivity contribution in [1.82, 2.24) is 0 Å². The lowest BCUT2D eigenvalue weighted by Gasteiger charge is -2.18. The van der Waals surface area contributed by atoms with Crippen LogP contribution in [0.1, 0.15) is 35.4 Å². The van der Waals surface area contributed by atoms with Gasteiger partial charge in [-0.1, -0.05) is 6.92 Å². The van der Waals surface area contributed by atoms with Gasteiger partial charge in [0.1, 0.15) is 0 Å². The SMILES string of the molecule is CCC(O)c1c(C(=O)O)cc(OC)c(O)c1OC. The van der Waals surface area contributed by atoms with Crippen molar-refractivity contribution in [2.24, 2.45) is 0 Å². The van der Waals surface area contributed by atoms with Crippen molar-refractivity contribution in [3.63, 3.8) is 0 Å². The zero-order chi connectivity index (χ0) is 13.9. The van der Waals surface area contributed by atoms with E-state index in [2.05, 4.69) is 0 Å². The molecule has 0 saturated heterocycles. The zero-order valence-electron chi connectivity index (χ0n) is 10.4. The van der Waals surface area contributed by atoms with Gasteiger partial charge < -0.3 is 24.8 Å². The molecule has 0 bridgehead atoms. The number of benzene rings is 1. The molecule has 1 aromatic carbocycles. The molecular weight excluding hydrogens is 240 g/mol. The Morgan fingerprint density at radius 2 is 2.00 bits per heavy atom. The highest BCUT2D eigenvalue weighted by Gasteiger charge is 2.26. The Hall–Kier alpha value is -1.95. The van der Waals surface area contributed by atoms with Gasteiger partial charge in [-0.05, 0) is 12.5 Å². The molecule has 0 saturated carbocycles.